The Morgan fingerprint density at radius 3 is 2.65 bits per heavy atom. The van der Waals surface area contributed by atoms with Gasteiger partial charge in [0.2, 0.25) is 0 Å². The van der Waals surface area contributed by atoms with E-state index in [0.29, 0.717) is 5.75 Å². The Labute approximate surface area is 185 Å². The fourth-order valence-electron chi connectivity index (χ4n) is 2.62. The van der Waals surface area contributed by atoms with Crippen molar-refractivity contribution >= 4 is 35.0 Å². The molecule has 0 radical (unpaired) electrons. The first-order chi connectivity index (χ1) is 14.8. The monoisotopic (exact) mass is 437 g/mol. The number of amides is 1. The number of nitrogens with one attached hydrogen (secondary N) is 1. The van der Waals surface area contributed by atoms with Gasteiger partial charge in [-0.2, -0.15) is 5.10 Å². The molecule has 31 heavy (non-hydrogen) atoms. The van der Waals surface area contributed by atoms with Gasteiger partial charge in [-0.05, 0) is 47.0 Å². The molecule has 7 nitrogen and oxygen atoms in total. The Morgan fingerprint density at radius 2 is 1.90 bits per heavy atom. The van der Waals surface area contributed by atoms with E-state index in [2.05, 4.69) is 47.1 Å². The summed E-state index contributed by atoms with van der Waals surface area (Å²) in [6.45, 7) is 6.45. The molecule has 3 rings (SSSR count). The fourth-order valence-corrected chi connectivity index (χ4v) is 3.36. The predicted molar refractivity (Wildman–Crippen MR) is 123 cm³/mol. The topological polar surface area (TPSA) is 89.3 Å². The van der Waals surface area contributed by atoms with Crippen LogP contribution < -0.4 is 10.1 Å². The second-order valence-corrected chi connectivity index (χ2v) is 8.69. The lowest BCUT2D eigenvalue weighted by molar-refractivity contribution is -0.135. The van der Waals surface area contributed by atoms with Gasteiger partial charge in [0, 0.05) is 11.6 Å². The van der Waals surface area contributed by atoms with Gasteiger partial charge >= 0.3 is 5.97 Å². The van der Waals surface area contributed by atoms with Crippen molar-refractivity contribution in [2.75, 3.05) is 7.11 Å². The number of ether oxygens (including phenoxy) is 2. The van der Waals surface area contributed by atoms with Crippen molar-refractivity contribution in [3.63, 3.8) is 0 Å². The van der Waals surface area contributed by atoms with Gasteiger partial charge in [-0.3, -0.25) is 10.1 Å². The molecule has 0 aliphatic carbocycles. The maximum atomic E-state index is 11.9. The number of hydrogen-bond donors (Lipinski definition) is 1. The molecule has 1 saturated heterocycles. The molecule has 1 amide bonds. The van der Waals surface area contributed by atoms with Crippen LogP contribution in [0.15, 0.2) is 69.7 Å². The molecule has 0 spiro atoms. The first kappa shape index (κ1) is 22.3. The zero-order valence-electron chi connectivity index (χ0n) is 17.7. The van der Waals surface area contributed by atoms with Gasteiger partial charge in [0.25, 0.3) is 5.91 Å². The molecule has 0 saturated carbocycles. The maximum Gasteiger partial charge on any atom is 0.331 e. The number of carbonyl (C=O) groups excluding carboxylic acids is 2. The van der Waals surface area contributed by atoms with Crippen LogP contribution in [-0.4, -0.2) is 30.4 Å². The first-order valence-corrected chi connectivity index (χ1v) is 10.4. The number of rotatable bonds is 5. The van der Waals surface area contributed by atoms with Crippen LogP contribution in [0.1, 0.15) is 31.9 Å². The number of methoxy groups -OCH3 is 1. The highest BCUT2D eigenvalue weighted by Crippen LogP contribution is 2.29. The minimum atomic E-state index is -0.607. The summed E-state index contributed by atoms with van der Waals surface area (Å²) in [4.78, 5) is 23.4. The standard InChI is InChI=1S/C23H23N3O4S/c1-23(2,3)16-9-7-10-17(12-16)30-18-11-6-5-8-15(18)14-24-26-22-25-21(28)19(31-22)13-20(27)29-4/h5-14H,1-4H3,(H,25,26,28)/b19-13+,24-14?. The van der Waals surface area contributed by atoms with Gasteiger partial charge in [0.05, 0.1) is 18.2 Å². The third kappa shape index (κ3) is 6.05. The van der Waals surface area contributed by atoms with Crippen LogP contribution in [0.2, 0.25) is 0 Å². The molecular formula is C23H23N3O4S. The number of thioether (sulfide) groups is 1. The highest BCUT2D eigenvalue weighted by Gasteiger charge is 2.25. The summed E-state index contributed by atoms with van der Waals surface area (Å²) in [5.41, 5.74) is 1.92. The third-order valence-electron chi connectivity index (χ3n) is 4.29. The number of carbonyl (C=O) groups is 2. The lowest BCUT2D eigenvalue weighted by Crippen LogP contribution is -2.19. The summed E-state index contributed by atoms with van der Waals surface area (Å²) >= 11 is 1.01. The van der Waals surface area contributed by atoms with Gasteiger partial charge in [-0.25, -0.2) is 4.79 Å². The van der Waals surface area contributed by atoms with E-state index in [1.165, 1.54) is 12.7 Å². The molecule has 2 aromatic rings. The number of esters is 1. The van der Waals surface area contributed by atoms with Gasteiger partial charge in [-0.15, -0.1) is 5.10 Å². The molecule has 0 aromatic heterocycles. The number of nitrogens with zero attached hydrogens (tertiary/aromatic N) is 2. The van der Waals surface area contributed by atoms with Crippen LogP contribution in [0.4, 0.5) is 0 Å². The minimum Gasteiger partial charge on any atom is -0.466 e. The van der Waals surface area contributed by atoms with Crippen molar-refractivity contribution in [2.45, 2.75) is 26.2 Å². The maximum absolute atomic E-state index is 11.9. The normalized spacial score (nSPS) is 16.7. The predicted octanol–water partition coefficient (Wildman–Crippen LogP) is 4.39. The van der Waals surface area contributed by atoms with Crippen LogP contribution in [0.3, 0.4) is 0 Å². The van der Waals surface area contributed by atoms with Gasteiger partial charge in [0.15, 0.2) is 5.17 Å². The summed E-state index contributed by atoms with van der Waals surface area (Å²) < 4.78 is 10.6. The molecule has 1 fully saturated rings. The molecule has 0 unspecified atom stereocenters. The second-order valence-electron chi connectivity index (χ2n) is 7.66. The lowest BCUT2D eigenvalue weighted by atomic mass is 9.87. The number of benzene rings is 2. The van der Waals surface area contributed by atoms with E-state index >= 15 is 0 Å². The van der Waals surface area contributed by atoms with Crippen molar-refractivity contribution in [2.24, 2.45) is 10.2 Å². The fraction of sp³-hybridized carbons (Fsp3) is 0.217. The van der Waals surface area contributed by atoms with Crippen LogP contribution in [0.25, 0.3) is 0 Å². The van der Waals surface area contributed by atoms with Gasteiger partial charge in [0.1, 0.15) is 11.5 Å². The zero-order valence-corrected chi connectivity index (χ0v) is 18.5. The number of para-hydroxylation sites is 1. The Morgan fingerprint density at radius 1 is 1.13 bits per heavy atom. The molecule has 0 atom stereocenters. The molecule has 160 valence electrons. The minimum absolute atomic E-state index is 0.0149. The van der Waals surface area contributed by atoms with Crippen LogP contribution in [0, 0.1) is 0 Å². The number of hydrogen-bond acceptors (Lipinski definition) is 7. The molecule has 2 aromatic carbocycles. The largest absolute Gasteiger partial charge is 0.466 e. The van der Waals surface area contributed by atoms with Crippen LogP contribution >= 0.6 is 11.8 Å². The lowest BCUT2D eigenvalue weighted by Gasteiger charge is -2.20. The van der Waals surface area contributed by atoms with Crippen molar-refractivity contribution < 1.29 is 19.1 Å². The second kappa shape index (κ2) is 9.61. The quantitative estimate of drug-likeness (QED) is 0.324. The molecular weight excluding hydrogens is 414 g/mol. The highest BCUT2D eigenvalue weighted by molar-refractivity contribution is 8.18. The van der Waals surface area contributed by atoms with Gasteiger partial charge in [-0.1, -0.05) is 45.0 Å². The van der Waals surface area contributed by atoms with Crippen molar-refractivity contribution in [1.29, 1.82) is 0 Å². The number of amidine groups is 1. The molecule has 1 aliphatic heterocycles. The summed E-state index contributed by atoms with van der Waals surface area (Å²) in [6.07, 6.45) is 2.66. The Hall–Kier alpha value is -3.39. The molecule has 1 heterocycles. The molecule has 8 heteroatoms. The van der Waals surface area contributed by atoms with Gasteiger partial charge < -0.3 is 9.47 Å². The SMILES string of the molecule is COC(=O)/C=C1/S/C(=N\N=Cc2ccccc2Oc2cccc(C(C)(C)C)c2)NC1=O. The summed E-state index contributed by atoms with van der Waals surface area (Å²) in [6, 6.07) is 15.4. The van der Waals surface area contributed by atoms with E-state index in [1.807, 2.05) is 42.5 Å². The zero-order chi connectivity index (χ0) is 22.4. The summed E-state index contributed by atoms with van der Waals surface area (Å²) in [5, 5.41) is 10.9. The van der Waals surface area contributed by atoms with E-state index in [4.69, 9.17) is 4.74 Å². The molecule has 1 aliphatic rings. The van der Waals surface area contributed by atoms with Crippen LogP contribution in [0.5, 0.6) is 11.5 Å². The van der Waals surface area contributed by atoms with Crippen molar-refractivity contribution in [3.05, 3.63) is 70.6 Å². The average Bonchev–Trinajstić information content (AvgIpc) is 3.07. The molecule has 1 N–H and O–H groups in total. The van der Waals surface area contributed by atoms with Crippen LogP contribution in [-0.2, 0) is 19.7 Å². The summed E-state index contributed by atoms with van der Waals surface area (Å²) in [5.74, 6) is 0.332. The first-order valence-electron chi connectivity index (χ1n) is 9.53. The van der Waals surface area contributed by atoms with E-state index in [9.17, 15) is 9.59 Å². The van der Waals surface area contributed by atoms with E-state index in [0.717, 1.165) is 29.2 Å². The molecule has 0 bridgehead atoms. The van der Waals surface area contributed by atoms with E-state index in [1.54, 1.807) is 6.21 Å². The third-order valence-corrected chi connectivity index (χ3v) is 5.19. The Balaban J connectivity index is 1.75. The Bertz CT molecular complexity index is 1080. The van der Waals surface area contributed by atoms with Crippen molar-refractivity contribution in [1.82, 2.24) is 5.32 Å². The van der Waals surface area contributed by atoms with Crippen molar-refractivity contribution in [3.8, 4) is 11.5 Å². The Kier molecular flexibility index (Phi) is 6.91. The summed E-state index contributed by atoms with van der Waals surface area (Å²) in [7, 11) is 1.25. The van der Waals surface area contributed by atoms with E-state index < -0.39 is 11.9 Å². The highest BCUT2D eigenvalue weighted by atomic mass is 32.2. The smallest absolute Gasteiger partial charge is 0.331 e. The average molecular weight is 438 g/mol. The van der Waals surface area contributed by atoms with E-state index in [-0.39, 0.29) is 15.5 Å².